The summed E-state index contributed by atoms with van der Waals surface area (Å²) in [7, 11) is 0.0961. The maximum atomic E-state index is 11.6. The minimum absolute atomic E-state index is 0.476. The summed E-state index contributed by atoms with van der Waals surface area (Å²) in [5.41, 5.74) is 1.13. The van der Waals surface area contributed by atoms with E-state index in [0.29, 0.717) is 44.1 Å². The summed E-state index contributed by atoms with van der Waals surface area (Å²) >= 11 is 0. The van der Waals surface area contributed by atoms with Crippen molar-refractivity contribution in [3.05, 3.63) is 23.8 Å². The van der Waals surface area contributed by atoms with Gasteiger partial charge in [0.25, 0.3) is 0 Å². The molecule has 0 aliphatic carbocycles. The van der Waals surface area contributed by atoms with Crippen LogP contribution in [0, 0.1) is 0 Å². The first-order valence-electron chi connectivity index (χ1n) is 9.53. The number of aliphatic imine (C=N–C) groups is 1. The molecule has 0 spiro atoms. The summed E-state index contributed by atoms with van der Waals surface area (Å²) in [6.07, 6.45) is 2.72. The van der Waals surface area contributed by atoms with E-state index in [0.717, 1.165) is 24.5 Å². The van der Waals surface area contributed by atoms with Crippen molar-refractivity contribution < 1.29 is 17.9 Å². The molecule has 0 atom stereocenters. The molecule has 2 N–H and O–H groups in total. The molecule has 0 heterocycles. The number of hydrogen-bond acceptors (Lipinski definition) is 5. The molecule has 0 saturated carbocycles. The third-order valence-corrected chi connectivity index (χ3v) is 5.53. The topological polar surface area (TPSA) is 92.3 Å². The fourth-order valence-electron chi connectivity index (χ4n) is 2.70. The number of benzene rings is 1. The van der Waals surface area contributed by atoms with Crippen molar-refractivity contribution in [3.8, 4) is 11.5 Å². The Labute approximate surface area is 169 Å². The number of hydrogen-bond donors (Lipinski definition) is 2. The summed E-state index contributed by atoms with van der Waals surface area (Å²) in [5, 5.41) is 6.51. The number of methoxy groups -OCH3 is 2. The minimum atomic E-state index is -3.15. The van der Waals surface area contributed by atoms with Gasteiger partial charge in [0.05, 0.1) is 20.5 Å². The molecule has 0 saturated heterocycles. The molecule has 8 nitrogen and oxygen atoms in total. The molecule has 1 aromatic carbocycles. The molecular weight excluding hydrogens is 380 g/mol. The van der Waals surface area contributed by atoms with Crippen molar-refractivity contribution in [3.63, 3.8) is 0 Å². The number of guanidine groups is 1. The smallest absolute Gasteiger partial charge is 0.211 e. The van der Waals surface area contributed by atoms with Gasteiger partial charge >= 0.3 is 0 Å². The van der Waals surface area contributed by atoms with Crippen molar-refractivity contribution >= 4 is 16.0 Å². The summed E-state index contributed by atoms with van der Waals surface area (Å²) < 4.78 is 35.3. The normalized spacial score (nSPS) is 12.1. The van der Waals surface area contributed by atoms with Gasteiger partial charge in [-0.1, -0.05) is 13.0 Å². The van der Waals surface area contributed by atoms with E-state index in [1.807, 2.05) is 32.0 Å². The van der Waals surface area contributed by atoms with Crippen LogP contribution in [0.5, 0.6) is 11.5 Å². The third-order valence-electron chi connectivity index (χ3n) is 4.16. The maximum absolute atomic E-state index is 11.6. The molecule has 0 unspecified atom stereocenters. The van der Waals surface area contributed by atoms with Crippen LogP contribution in [0.2, 0.25) is 0 Å². The molecule has 0 aliphatic rings. The highest BCUT2D eigenvalue weighted by atomic mass is 32.2. The van der Waals surface area contributed by atoms with Crippen molar-refractivity contribution in [2.75, 3.05) is 53.2 Å². The SMILES string of the molecule is CCNC(=NCCCN(CC)S(C)(=O)=O)NCCc1ccc(OC)c(OC)c1. The van der Waals surface area contributed by atoms with Gasteiger partial charge in [-0.3, -0.25) is 4.99 Å². The van der Waals surface area contributed by atoms with E-state index >= 15 is 0 Å². The average Bonchev–Trinajstić information content (AvgIpc) is 2.66. The summed E-state index contributed by atoms with van der Waals surface area (Å²) in [6.45, 7) is 6.82. The lowest BCUT2D eigenvalue weighted by atomic mass is 10.1. The minimum Gasteiger partial charge on any atom is -0.493 e. The van der Waals surface area contributed by atoms with E-state index in [9.17, 15) is 8.42 Å². The van der Waals surface area contributed by atoms with Gasteiger partial charge in [0.2, 0.25) is 10.0 Å². The summed E-state index contributed by atoms with van der Waals surface area (Å²) in [5.74, 6) is 2.15. The maximum Gasteiger partial charge on any atom is 0.211 e. The average molecular weight is 415 g/mol. The van der Waals surface area contributed by atoms with Gasteiger partial charge in [0, 0.05) is 32.7 Å². The second-order valence-corrected chi connectivity index (χ2v) is 8.22. The second-order valence-electron chi connectivity index (χ2n) is 6.23. The Morgan fingerprint density at radius 2 is 1.86 bits per heavy atom. The van der Waals surface area contributed by atoms with E-state index in [4.69, 9.17) is 9.47 Å². The molecule has 0 aromatic heterocycles. The first kappa shape index (κ1) is 24.0. The highest BCUT2D eigenvalue weighted by Gasteiger charge is 2.13. The van der Waals surface area contributed by atoms with Gasteiger partial charge in [-0.2, -0.15) is 0 Å². The number of sulfonamides is 1. The zero-order chi connectivity index (χ0) is 21.0. The zero-order valence-electron chi connectivity index (χ0n) is 17.6. The molecular formula is C19H34N4O4S. The van der Waals surface area contributed by atoms with E-state index in [1.165, 1.54) is 10.6 Å². The van der Waals surface area contributed by atoms with Crippen LogP contribution in [0.15, 0.2) is 23.2 Å². The first-order chi connectivity index (χ1) is 13.3. The van der Waals surface area contributed by atoms with Gasteiger partial charge < -0.3 is 20.1 Å². The number of rotatable bonds is 12. The molecule has 0 radical (unpaired) electrons. The largest absolute Gasteiger partial charge is 0.493 e. The van der Waals surface area contributed by atoms with Gasteiger partial charge in [-0.25, -0.2) is 12.7 Å². The van der Waals surface area contributed by atoms with E-state index in [1.54, 1.807) is 14.2 Å². The van der Waals surface area contributed by atoms with Crippen LogP contribution in [0.3, 0.4) is 0 Å². The Bertz CT molecular complexity index is 723. The molecule has 1 rings (SSSR count). The molecule has 1 aromatic rings. The fourth-order valence-corrected chi connectivity index (χ4v) is 3.63. The van der Waals surface area contributed by atoms with Crippen LogP contribution in [-0.4, -0.2) is 71.9 Å². The molecule has 0 bridgehead atoms. The quantitative estimate of drug-likeness (QED) is 0.306. The number of ether oxygens (including phenoxy) is 2. The van der Waals surface area contributed by atoms with Gasteiger partial charge in [0.15, 0.2) is 17.5 Å². The number of nitrogens with one attached hydrogen (secondary N) is 2. The molecule has 160 valence electrons. The predicted molar refractivity (Wildman–Crippen MR) is 114 cm³/mol. The molecule has 9 heteroatoms. The Kier molecular flexibility index (Phi) is 10.7. The van der Waals surface area contributed by atoms with Crippen molar-refractivity contribution in [2.24, 2.45) is 4.99 Å². The van der Waals surface area contributed by atoms with E-state index < -0.39 is 10.0 Å². The zero-order valence-corrected chi connectivity index (χ0v) is 18.4. The molecule has 0 aliphatic heterocycles. The van der Waals surface area contributed by atoms with Crippen LogP contribution in [0.4, 0.5) is 0 Å². The van der Waals surface area contributed by atoms with Crippen LogP contribution < -0.4 is 20.1 Å². The standard InChI is InChI=1S/C19H34N4O4S/c1-6-20-19(21-12-8-14-23(7-2)28(5,24)25)22-13-11-16-9-10-17(26-3)18(15-16)27-4/h9-10,15H,6-8,11-14H2,1-5H3,(H2,20,21,22). The van der Waals surface area contributed by atoms with E-state index in [2.05, 4.69) is 15.6 Å². The van der Waals surface area contributed by atoms with Crippen LogP contribution in [-0.2, 0) is 16.4 Å². The van der Waals surface area contributed by atoms with Crippen molar-refractivity contribution in [1.82, 2.24) is 14.9 Å². The molecule has 28 heavy (non-hydrogen) atoms. The summed E-state index contributed by atoms with van der Waals surface area (Å²) in [6, 6.07) is 5.88. The highest BCUT2D eigenvalue weighted by Crippen LogP contribution is 2.27. The van der Waals surface area contributed by atoms with Gasteiger partial charge in [-0.05, 0) is 37.5 Å². The lowest BCUT2D eigenvalue weighted by molar-refractivity contribution is 0.354. The highest BCUT2D eigenvalue weighted by molar-refractivity contribution is 7.88. The molecule has 0 fully saturated rings. The van der Waals surface area contributed by atoms with Crippen LogP contribution in [0.25, 0.3) is 0 Å². The summed E-state index contributed by atoms with van der Waals surface area (Å²) in [4.78, 5) is 4.52. The van der Waals surface area contributed by atoms with Crippen molar-refractivity contribution in [1.29, 1.82) is 0 Å². The Balaban J connectivity index is 2.52. The van der Waals surface area contributed by atoms with Crippen LogP contribution >= 0.6 is 0 Å². The predicted octanol–water partition coefficient (Wildman–Crippen LogP) is 1.47. The number of nitrogens with zero attached hydrogens (tertiary/aromatic N) is 2. The van der Waals surface area contributed by atoms with Gasteiger partial charge in [0.1, 0.15) is 0 Å². The Morgan fingerprint density at radius 3 is 2.43 bits per heavy atom. The fraction of sp³-hybridized carbons (Fsp3) is 0.632. The third kappa shape index (κ3) is 8.35. The van der Waals surface area contributed by atoms with Crippen molar-refractivity contribution in [2.45, 2.75) is 26.7 Å². The lowest BCUT2D eigenvalue weighted by Gasteiger charge is -2.17. The van der Waals surface area contributed by atoms with Gasteiger partial charge in [-0.15, -0.1) is 0 Å². The van der Waals surface area contributed by atoms with E-state index in [-0.39, 0.29) is 0 Å². The Morgan fingerprint density at radius 1 is 1.14 bits per heavy atom. The monoisotopic (exact) mass is 414 g/mol. The molecule has 0 amide bonds. The lowest BCUT2D eigenvalue weighted by Crippen LogP contribution is -2.38. The second kappa shape index (κ2) is 12.5. The van der Waals surface area contributed by atoms with Crippen LogP contribution in [0.1, 0.15) is 25.8 Å². The first-order valence-corrected chi connectivity index (χ1v) is 11.4. The Hall–Kier alpha value is -2.00.